The van der Waals surface area contributed by atoms with Gasteiger partial charge >= 0.3 is 0 Å². The highest BCUT2D eigenvalue weighted by Gasteiger charge is 2.16. The van der Waals surface area contributed by atoms with E-state index in [2.05, 4.69) is 17.2 Å². The number of fused-ring (bicyclic) bond motifs is 1. The zero-order valence-electron chi connectivity index (χ0n) is 9.97. The maximum Gasteiger partial charge on any atom is 0.224 e. The highest BCUT2D eigenvalue weighted by atomic mass is 16.1. The quantitative estimate of drug-likeness (QED) is 0.551. The summed E-state index contributed by atoms with van der Waals surface area (Å²) in [6.45, 7) is 6.50. The fraction of sp³-hybridized carbons (Fsp3) is 0.308. The van der Waals surface area contributed by atoms with Crippen LogP contribution in [0.1, 0.15) is 18.9 Å². The molecule has 1 heterocycles. The Labute approximate surface area is 101 Å². The lowest BCUT2D eigenvalue weighted by atomic mass is 10.0. The SMILES string of the molecule is C=C(C)CNc1cc2c(cc1N)NC(=O)CC2. The molecule has 0 unspecified atom stereocenters. The predicted octanol–water partition coefficient (Wildman–Crippen LogP) is 2.14. The molecule has 1 amide bonds. The maximum atomic E-state index is 11.3. The van der Waals surface area contributed by atoms with Crippen LogP contribution in [0.4, 0.5) is 17.1 Å². The predicted molar refractivity (Wildman–Crippen MR) is 71.1 cm³/mol. The zero-order chi connectivity index (χ0) is 12.4. The monoisotopic (exact) mass is 231 g/mol. The Bertz CT molecular complexity index is 480. The molecule has 0 aliphatic carbocycles. The van der Waals surface area contributed by atoms with Gasteiger partial charge in [-0.25, -0.2) is 0 Å². The van der Waals surface area contributed by atoms with E-state index in [4.69, 9.17) is 5.73 Å². The van der Waals surface area contributed by atoms with Crippen molar-refractivity contribution in [1.82, 2.24) is 0 Å². The van der Waals surface area contributed by atoms with Crippen molar-refractivity contribution in [2.45, 2.75) is 19.8 Å². The van der Waals surface area contributed by atoms with E-state index in [0.29, 0.717) is 18.7 Å². The Balaban J connectivity index is 2.24. The summed E-state index contributed by atoms with van der Waals surface area (Å²) in [5, 5.41) is 6.06. The van der Waals surface area contributed by atoms with Crippen LogP contribution < -0.4 is 16.4 Å². The van der Waals surface area contributed by atoms with Crippen LogP contribution in [-0.2, 0) is 11.2 Å². The normalized spacial score (nSPS) is 13.8. The first kappa shape index (κ1) is 11.5. The standard InChI is InChI=1S/C13H17N3O/c1-8(2)7-15-12-5-9-3-4-13(17)16-11(9)6-10(12)14/h5-6,15H,1,3-4,7,14H2,2H3,(H,16,17). The number of nitrogen functional groups attached to an aromatic ring is 1. The molecule has 0 aromatic heterocycles. The number of anilines is 3. The van der Waals surface area contributed by atoms with Crippen LogP contribution in [0.2, 0.25) is 0 Å². The smallest absolute Gasteiger partial charge is 0.224 e. The Kier molecular flexibility index (Phi) is 3.04. The van der Waals surface area contributed by atoms with E-state index in [0.717, 1.165) is 28.9 Å². The van der Waals surface area contributed by atoms with Gasteiger partial charge in [-0.15, -0.1) is 0 Å². The maximum absolute atomic E-state index is 11.3. The van der Waals surface area contributed by atoms with Crippen molar-refractivity contribution in [3.05, 3.63) is 29.8 Å². The van der Waals surface area contributed by atoms with Crippen molar-refractivity contribution >= 4 is 23.0 Å². The first-order valence-electron chi connectivity index (χ1n) is 5.67. The molecule has 4 N–H and O–H groups in total. The molecule has 1 aliphatic rings. The van der Waals surface area contributed by atoms with Gasteiger partial charge in [0.1, 0.15) is 0 Å². The lowest BCUT2D eigenvalue weighted by Crippen LogP contribution is -2.19. The van der Waals surface area contributed by atoms with Gasteiger partial charge in [0.2, 0.25) is 5.91 Å². The molecule has 0 fully saturated rings. The van der Waals surface area contributed by atoms with Crippen LogP contribution in [0, 0.1) is 0 Å². The molecule has 0 bridgehead atoms. The van der Waals surface area contributed by atoms with Crippen molar-refractivity contribution in [3.8, 4) is 0 Å². The van der Waals surface area contributed by atoms with Gasteiger partial charge in [0.05, 0.1) is 11.4 Å². The van der Waals surface area contributed by atoms with Gasteiger partial charge in [-0.1, -0.05) is 12.2 Å². The number of carbonyl (C=O) groups excluding carboxylic acids is 1. The fourth-order valence-corrected chi connectivity index (χ4v) is 1.84. The number of aryl methyl sites for hydroxylation is 1. The topological polar surface area (TPSA) is 67.2 Å². The number of benzene rings is 1. The molecule has 90 valence electrons. The highest BCUT2D eigenvalue weighted by molar-refractivity contribution is 5.95. The van der Waals surface area contributed by atoms with Gasteiger partial charge in [-0.05, 0) is 31.0 Å². The molecule has 4 heteroatoms. The fourth-order valence-electron chi connectivity index (χ4n) is 1.84. The van der Waals surface area contributed by atoms with Crippen LogP contribution in [0.3, 0.4) is 0 Å². The molecule has 0 radical (unpaired) electrons. The summed E-state index contributed by atoms with van der Waals surface area (Å²) >= 11 is 0. The molecule has 17 heavy (non-hydrogen) atoms. The second kappa shape index (κ2) is 4.49. The third-order valence-corrected chi connectivity index (χ3v) is 2.75. The Morgan fingerprint density at radius 2 is 2.29 bits per heavy atom. The minimum Gasteiger partial charge on any atom is -0.397 e. The van der Waals surface area contributed by atoms with Gasteiger partial charge < -0.3 is 16.4 Å². The van der Waals surface area contributed by atoms with Gasteiger partial charge in [-0.3, -0.25) is 4.79 Å². The second-order valence-electron chi connectivity index (χ2n) is 4.46. The number of nitrogens with one attached hydrogen (secondary N) is 2. The lowest BCUT2D eigenvalue weighted by Gasteiger charge is -2.19. The van der Waals surface area contributed by atoms with Crippen molar-refractivity contribution in [1.29, 1.82) is 0 Å². The second-order valence-corrected chi connectivity index (χ2v) is 4.46. The van der Waals surface area contributed by atoms with Crippen molar-refractivity contribution in [3.63, 3.8) is 0 Å². The molecule has 1 aromatic carbocycles. The van der Waals surface area contributed by atoms with E-state index in [-0.39, 0.29) is 5.91 Å². The van der Waals surface area contributed by atoms with E-state index in [9.17, 15) is 4.79 Å². The molecule has 0 spiro atoms. The summed E-state index contributed by atoms with van der Waals surface area (Å²) in [6.07, 6.45) is 1.31. The number of hydrogen-bond acceptors (Lipinski definition) is 3. The number of rotatable bonds is 3. The number of hydrogen-bond donors (Lipinski definition) is 3. The molecule has 0 saturated heterocycles. The summed E-state index contributed by atoms with van der Waals surface area (Å²) < 4.78 is 0. The van der Waals surface area contributed by atoms with E-state index < -0.39 is 0 Å². The van der Waals surface area contributed by atoms with Crippen LogP contribution in [0.25, 0.3) is 0 Å². The molecule has 0 atom stereocenters. The Morgan fingerprint density at radius 3 is 3.00 bits per heavy atom. The highest BCUT2D eigenvalue weighted by Crippen LogP contribution is 2.30. The lowest BCUT2D eigenvalue weighted by molar-refractivity contribution is -0.116. The van der Waals surface area contributed by atoms with Gasteiger partial charge in [0.15, 0.2) is 0 Å². The third kappa shape index (κ3) is 2.58. The van der Waals surface area contributed by atoms with Crippen LogP contribution in [0.5, 0.6) is 0 Å². The summed E-state index contributed by atoms with van der Waals surface area (Å²) in [4.78, 5) is 11.3. The molecule has 4 nitrogen and oxygen atoms in total. The number of carbonyl (C=O) groups is 1. The molecule has 2 rings (SSSR count). The van der Waals surface area contributed by atoms with Crippen LogP contribution >= 0.6 is 0 Å². The Morgan fingerprint density at radius 1 is 1.53 bits per heavy atom. The minimum absolute atomic E-state index is 0.0551. The van der Waals surface area contributed by atoms with E-state index in [1.807, 2.05) is 19.1 Å². The third-order valence-electron chi connectivity index (χ3n) is 2.75. The van der Waals surface area contributed by atoms with Gasteiger partial charge in [0, 0.05) is 18.7 Å². The molecular weight excluding hydrogens is 214 g/mol. The van der Waals surface area contributed by atoms with Crippen molar-refractivity contribution in [2.24, 2.45) is 0 Å². The minimum atomic E-state index is 0.0551. The van der Waals surface area contributed by atoms with Gasteiger partial charge in [0.25, 0.3) is 0 Å². The summed E-state index contributed by atoms with van der Waals surface area (Å²) in [6, 6.07) is 3.82. The van der Waals surface area contributed by atoms with E-state index >= 15 is 0 Å². The summed E-state index contributed by atoms with van der Waals surface area (Å²) in [5.41, 5.74) is 10.5. The average molecular weight is 231 g/mol. The van der Waals surface area contributed by atoms with E-state index in [1.165, 1.54) is 0 Å². The Hall–Kier alpha value is -1.97. The van der Waals surface area contributed by atoms with Crippen LogP contribution in [-0.4, -0.2) is 12.5 Å². The van der Waals surface area contributed by atoms with Crippen molar-refractivity contribution in [2.75, 3.05) is 22.9 Å². The summed E-state index contributed by atoms with van der Waals surface area (Å²) in [5.74, 6) is 0.0551. The first-order valence-corrected chi connectivity index (χ1v) is 5.67. The summed E-state index contributed by atoms with van der Waals surface area (Å²) in [7, 11) is 0. The molecular formula is C13H17N3O. The molecule has 1 aromatic rings. The molecule has 0 saturated carbocycles. The number of amides is 1. The van der Waals surface area contributed by atoms with Gasteiger partial charge in [-0.2, -0.15) is 0 Å². The van der Waals surface area contributed by atoms with E-state index in [1.54, 1.807) is 0 Å². The largest absolute Gasteiger partial charge is 0.397 e. The number of nitrogens with two attached hydrogens (primary N) is 1. The van der Waals surface area contributed by atoms with Crippen LogP contribution in [0.15, 0.2) is 24.3 Å². The average Bonchev–Trinajstić information content (AvgIpc) is 2.26. The molecule has 1 aliphatic heterocycles. The first-order chi connectivity index (χ1) is 8.06. The van der Waals surface area contributed by atoms with Crippen molar-refractivity contribution < 1.29 is 4.79 Å². The zero-order valence-corrected chi connectivity index (χ0v) is 9.97.